The van der Waals surface area contributed by atoms with Gasteiger partial charge in [0.05, 0.1) is 24.3 Å². The smallest absolute Gasteiger partial charge is 0.337 e. The van der Waals surface area contributed by atoms with Crippen LogP contribution in [0.1, 0.15) is 28.4 Å². The van der Waals surface area contributed by atoms with Crippen LogP contribution in [0.25, 0.3) is 11.0 Å². The van der Waals surface area contributed by atoms with Crippen LogP contribution in [0.3, 0.4) is 0 Å². The van der Waals surface area contributed by atoms with Crippen LogP contribution in [0, 0.1) is 0 Å². The van der Waals surface area contributed by atoms with E-state index in [9.17, 15) is 19.8 Å². The number of nitrogens with two attached hydrogens (primary N) is 1. The Hall–Kier alpha value is -3.78. The highest BCUT2D eigenvalue weighted by atomic mass is 16.5. The molecule has 1 aromatic carbocycles. The number of benzene rings is 1. The minimum absolute atomic E-state index is 0.289. The summed E-state index contributed by atoms with van der Waals surface area (Å²) in [4.78, 5) is 36.9. The number of hydrogen-bond donors (Lipinski definition) is 6. The van der Waals surface area contributed by atoms with Gasteiger partial charge in [0.2, 0.25) is 0 Å². The molecule has 4 rings (SSSR count). The summed E-state index contributed by atoms with van der Waals surface area (Å²) in [6.07, 6.45) is 0.0423. The van der Waals surface area contributed by atoms with E-state index in [4.69, 9.17) is 10.5 Å². The van der Waals surface area contributed by atoms with Crippen molar-refractivity contribution < 1.29 is 29.3 Å². The summed E-state index contributed by atoms with van der Waals surface area (Å²) >= 11 is 0. The van der Waals surface area contributed by atoms with Gasteiger partial charge in [0.15, 0.2) is 5.82 Å². The summed E-state index contributed by atoms with van der Waals surface area (Å²) in [7, 11) is 3.16. The number of nitrogen functional groups attached to an aromatic ring is 1. The number of fused-ring (bicyclic) bond motifs is 1. The van der Waals surface area contributed by atoms with E-state index in [0.29, 0.717) is 53.9 Å². The number of aromatic amines is 1. The summed E-state index contributed by atoms with van der Waals surface area (Å²) in [6.45, 7) is 1.39. The Morgan fingerprint density at radius 3 is 2.86 bits per heavy atom. The number of H-pyrrole nitrogens is 1. The predicted octanol–water partition coefficient (Wildman–Crippen LogP) is 0.632. The molecule has 0 aliphatic carbocycles. The van der Waals surface area contributed by atoms with E-state index in [-0.39, 0.29) is 5.82 Å². The summed E-state index contributed by atoms with van der Waals surface area (Å²) in [5, 5.41) is 26.7. The second-order valence-electron chi connectivity index (χ2n) is 8.87. The molecule has 3 heterocycles. The van der Waals surface area contributed by atoms with E-state index in [1.54, 1.807) is 24.4 Å². The van der Waals surface area contributed by atoms with Gasteiger partial charge >= 0.3 is 12.0 Å². The molecular weight excluding hydrogens is 482 g/mol. The number of amides is 2. The van der Waals surface area contributed by atoms with Gasteiger partial charge in [-0.25, -0.2) is 19.6 Å². The first kappa shape index (κ1) is 26.3. The van der Waals surface area contributed by atoms with E-state index < -0.39 is 36.4 Å². The van der Waals surface area contributed by atoms with E-state index in [1.807, 2.05) is 11.9 Å². The van der Waals surface area contributed by atoms with Crippen molar-refractivity contribution in [3.63, 3.8) is 0 Å². The van der Waals surface area contributed by atoms with Gasteiger partial charge in [-0.05, 0) is 38.2 Å². The predicted molar refractivity (Wildman–Crippen MR) is 135 cm³/mol. The van der Waals surface area contributed by atoms with Gasteiger partial charge in [-0.15, -0.1) is 0 Å². The zero-order chi connectivity index (χ0) is 26.5. The van der Waals surface area contributed by atoms with Gasteiger partial charge in [-0.2, -0.15) is 0 Å². The molecular formula is C24H31N7O6. The normalized spacial score (nSPS) is 21.3. The molecule has 1 saturated heterocycles. The minimum atomic E-state index is -1.13. The van der Waals surface area contributed by atoms with Crippen molar-refractivity contribution in [1.82, 2.24) is 25.2 Å². The van der Waals surface area contributed by atoms with Gasteiger partial charge in [-0.1, -0.05) is 6.07 Å². The summed E-state index contributed by atoms with van der Waals surface area (Å²) in [5.41, 5.74) is 8.38. The van der Waals surface area contributed by atoms with Crippen molar-refractivity contribution >= 4 is 34.5 Å². The van der Waals surface area contributed by atoms with E-state index in [0.717, 1.165) is 0 Å². The molecule has 4 atom stereocenters. The standard InChI is InChI=1S/C24H31N7O6/c1-31(8-4-7-26-24(35)30-14-6-3-5-13(9-14)23(34)36-2)11-16-19(32)20(33)21(37-16)15-10-27-18-17(15)28-12-29-22(18)25/h3,5-6,9-10,12,16,19-21,27,32-33H,4,7-8,11H2,1-2H3,(H2,25,28,29)(H2,26,30,35)/t16-,19-,20-,21+/m1/s1. The van der Waals surface area contributed by atoms with Crippen molar-refractivity contribution in [3.8, 4) is 0 Å². The third-order valence-corrected chi connectivity index (χ3v) is 6.23. The molecule has 13 nitrogen and oxygen atoms in total. The Kier molecular flexibility index (Phi) is 8.18. The molecule has 0 unspecified atom stereocenters. The van der Waals surface area contributed by atoms with Crippen LogP contribution in [0.15, 0.2) is 36.8 Å². The van der Waals surface area contributed by atoms with Crippen molar-refractivity contribution in [3.05, 3.63) is 47.9 Å². The van der Waals surface area contributed by atoms with Crippen LogP contribution in [-0.2, 0) is 9.47 Å². The van der Waals surface area contributed by atoms with Gasteiger partial charge in [0, 0.05) is 30.5 Å². The second-order valence-corrected chi connectivity index (χ2v) is 8.87. The first-order chi connectivity index (χ1) is 17.8. The topological polar surface area (TPSA) is 188 Å². The number of esters is 1. The minimum Gasteiger partial charge on any atom is -0.465 e. The third-order valence-electron chi connectivity index (χ3n) is 6.23. The van der Waals surface area contributed by atoms with Crippen LogP contribution in [0.5, 0.6) is 0 Å². The Balaban J connectivity index is 1.22. The molecule has 0 radical (unpaired) electrons. The van der Waals surface area contributed by atoms with Crippen molar-refractivity contribution in [2.24, 2.45) is 0 Å². The van der Waals surface area contributed by atoms with Crippen LogP contribution >= 0.6 is 0 Å². The lowest BCUT2D eigenvalue weighted by atomic mass is 10.0. The Morgan fingerprint density at radius 1 is 1.27 bits per heavy atom. The lowest BCUT2D eigenvalue weighted by Crippen LogP contribution is -2.39. The number of carbonyl (C=O) groups is 2. The number of hydrogen-bond acceptors (Lipinski definition) is 10. The number of carbonyl (C=O) groups excluding carboxylic acids is 2. The maximum absolute atomic E-state index is 12.2. The lowest BCUT2D eigenvalue weighted by molar-refractivity contribution is -0.00757. The maximum atomic E-state index is 12.2. The number of aliphatic hydroxyl groups is 2. The molecule has 0 bridgehead atoms. The maximum Gasteiger partial charge on any atom is 0.337 e. The molecule has 1 fully saturated rings. The largest absolute Gasteiger partial charge is 0.465 e. The first-order valence-corrected chi connectivity index (χ1v) is 11.8. The third kappa shape index (κ3) is 5.97. The van der Waals surface area contributed by atoms with Gasteiger partial charge in [0.1, 0.15) is 30.2 Å². The molecule has 37 heavy (non-hydrogen) atoms. The number of nitrogens with zero attached hydrogens (tertiary/aromatic N) is 3. The highest BCUT2D eigenvalue weighted by molar-refractivity contribution is 5.93. The van der Waals surface area contributed by atoms with E-state index >= 15 is 0 Å². The SMILES string of the molecule is COC(=O)c1cccc(NC(=O)NCCCN(C)C[C@H]2O[C@@H](c3c[nH]c4c(N)ncnc34)[C@H](O)[C@@H]2O)c1. The number of rotatable bonds is 9. The monoisotopic (exact) mass is 513 g/mol. The fourth-order valence-corrected chi connectivity index (χ4v) is 4.32. The van der Waals surface area contributed by atoms with Crippen LogP contribution in [0.2, 0.25) is 0 Å². The molecule has 7 N–H and O–H groups in total. The van der Waals surface area contributed by atoms with Crippen molar-refractivity contribution in [2.75, 3.05) is 44.8 Å². The van der Waals surface area contributed by atoms with Gasteiger partial charge < -0.3 is 45.9 Å². The molecule has 1 aliphatic heterocycles. The summed E-state index contributed by atoms with van der Waals surface area (Å²) in [5.74, 6) is -0.194. The van der Waals surface area contributed by atoms with Crippen LogP contribution in [0.4, 0.5) is 16.3 Å². The van der Waals surface area contributed by atoms with Crippen molar-refractivity contribution in [1.29, 1.82) is 0 Å². The molecule has 3 aromatic rings. The number of anilines is 2. The summed E-state index contributed by atoms with van der Waals surface area (Å²) < 4.78 is 10.7. The number of aromatic nitrogens is 3. The average molecular weight is 514 g/mol. The quantitative estimate of drug-likeness (QED) is 0.175. The van der Waals surface area contributed by atoms with Crippen molar-refractivity contribution in [2.45, 2.75) is 30.8 Å². The molecule has 198 valence electrons. The van der Waals surface area contributed by atoms with Gasteiger partial charge in [0.25, 0.3) is 0 Å². The zero-order valence-electron chi connectivity index (χ0n) is 20.5. The summed E-state index contributed by atoms with van der Waals surface area (Å²) in [6, 6.07) is 6.06. The molecule has 0 spiro atoms. The van der Waals surface area contributed by atoms with Gasteiger partial charge in [-0.3, -0.25) is 0 Å². The number of likely N-dealkylation sites (N-methyl/N-ethyl adjacent to an activating group) is 1. The average Bonchev–Trinajstić information content (AvgIpc) is 3.43. The number of ether oxygens (including phenoxy) is 2. The van der Waals surface area contributed by atoms with E-state index in [1.165, 1.54) is 19.5 Å². The molecule has 2 aromatic heterocycles. The highest BCUT2D eigenvalue weighted by Crippen LogP contribution is 2.37. The Labute approximate surface area is 213 Å². The highest BCUT2D eigenvalue weighted by Gasteiger charge is 2.44. The fourth-order valence-electron chi connectivity index (χ4n) is 4.32. The Morgan fingerprint density at radius 2 is 2.08 bits per heavy atom. The molecule has 0 saturated carbocycles. The Bertz CT molecular complexity index is 1250. The van der Waals surface area contributed by atoms with E-state index in [2.05, 4.69) is 30.3 Å². The fraction of sp³-hybridized carbons (Fsp3) is 0.417. The number of methoxy groups -OCH3 is 1. The second kappa shape index (κ2) is 11.5. The van der Waals surface area contributed by atoms with Crippen LogP contribution in [-0.4, -0.2) is 94.2 Å². The molecule has 2 amide bonds. The molecule has 13 heteroatoms. The number of nitrogens with one attached hydrogen (secondary N) is 3. The number of aliphatic hydroxyl groups excluding tert-OH is 2. The van der Waals surface area contributed by atoms with Crippen LogP contribution < -0.4 is 16.4 Å². The zero-order valence-corrected chi connectivity index (χ0v) is 20.5. The lowest BCUT2D eigenvalue weighted by Gasteiger charge is -2.22. The first-order valence-electron chi connectivity index (χ1n) is 11.8. The number of urea groups is 1. The molecule has 1 aliphatic rings.